The molecule has 2 rings (SSSR count). The summed E-state index contributed by atoms with van der Waals surface area (Å²) in [6.07, 6.45) is 0.526. The van der Waals surface area contributed by atoms with Crippen LogP contribution in [0.2, 0.25) is 0 Å². The molecule has 1 unspecified atom stereocenters. The Bertz CT molecular complexity index is 846. The quantitative estimate of drug-likeness (QED) is 0.269. The molecule has 1 aliphatic rings. The van der Waals surface area contributed by atoms with Gasteiger partial charge in [0.15, 0.2) is 0 Å². The van der Waals surface area contributed by atoms with E-state index in [1.54, 1.807) is 38.2 Å². The molecule has 0 aromatic heterocycles. The van der Waals surface area contributed by atoms with Crippen LogP contribution in [0.15, 0.2) is 30.3 Å². The summed E-state index contributed by atoms with van der Waals surface area (Å²) in [6.45, 7) is 0.993. The van der Waals surface area contributed by atoms with Gasteiger partial charge in [-0.2, -0.15) is 0 Å². The summed E-state index contributed by atoms with van der Waals surface area (Å²) < 4.78 is 0. The second-order valence-electron chi connectivity index (χ2n) is 7.62. The zero-order chi connectivity index (χ0) is 23.7. The lowest BCUT2D eigenvalue weighted by Gasteiger charge is -2.23. The molecule has 5 N–H and O–H groups in total. The van der Waals surface area contributed by atoms with Crippen LogP contribution in [0, 0.1) is 0 Å². The molecule has 174 valence electrons. The van der Waals surface area contributed by atoms with Crippen LogP contribution in [0.4, 0.5) is 0 Å². The molecule has 0 radical (unpaired) electrons. The van der Waals surface area contributed by atoms with E-state index in [1.165, 1.54) is 4.90 Å². The third-order valence-electron chi connectivity index (χ3n) is 5.02. The second-order valence-corrected chi connectivity index (χ2v) is 7.62. The molecule has 11 heteroatoms. The minimum atomic E-state index is -1.20. The minimum Gasteiger partial charge on any atom is -0.480 e. The monoisotopic (exact) mass is 447 g/mol. The van der Waals surface area contributed by atoms with Gasteiger partial charge in [-0.3, -0.25) is 24.0 Å². The van der Waals surface area contributed by atoms with Gasteiger partial charge in [0.05, 0.1) is 13.1 Å². The summed E-state index contributed by atoms with van der Waals surface area (Å²) in [7, 11) is 1.62. The second kappa shape index (κ2) is 11.8. The number of carboxylic acids is 1. The van der Waals surface area contributed by atoms with Crippen LogP contribution in [-0.4, -0.2) is 84.4 Å². The van der Waals surface area contributed by atoms with Gasteiger partial charge in [-0.25, -0.2) is 0 Å². The van der Waals surface area contributed by atoms with Gasteiger partial charge in [0, 0.05) is 12.5 Å². The van der Waals surface area contributed by atoms with Crippen molar-refractivity contribution in [2.75, 3.05) is 26.7 Å². The van der Waals surface area contributed by atoms with Crippen molar-refractivity contribution in [1.29, 1.82) is 0 Å². The van der Waals surface area contributed by atoms with E-state index in [1.807, 2.05) is 6.07 Å². The molecule has 1 saturated heterocycles. The average molecular weight is 447 g/mol. The maximum absolute atomic E-state index is 12.7. The van der Waals surface area contributed by atoms with Crippen LogP contribution < -0.4 is 21.3 Å². The van der Waals surface area contributed by atoms with Gasteiger partial charge in [-0.15, -0.1) is 0 Å². The van der Waals surface area contributed by atoms with E-state index in [4.69, 9.17) is 5.11 Å². The van der Waals surface area contributed by atoms with E-state index >= 15 is 0 Å². The van der Waals surface area contributed by atoms with Gasteiger partial charge >= 0.3 is 5.97 Å². The third kappa shape index (κ3) is 7.34. The molecule has 11 nitrogen and oxygen atoms in total. The summed E-state index contributed by atoms with van der Waals surface area (Å²) >= 11 is 0. The Labute approximate surface area is 185 Å². The fourth-order valence-electron chi connectivity index (χ4n) is 3.49. The van der Waals surface area contributed by atoms with Crippen molar-refractivity contribution in [1.82, 2.24) is 26.2 Å². The van der Waals surface area contributed by atoms with E-state index < -0.39 is 36.4 Å². The lowest BCUT2D eigenvalue weighted by atomic mass is 10.1. The lowest BCUT2D eigenvalue weighted by Crippen LogP contribution is -2.52. The highest BCUT2D eigenvalue weighted by atomic mass is 16.4. The highest BCUT2D eigenvalue weighted by Gasteiger charge is 2.39. The van der Waals surface area contributed by atoms with Crippen LogP contribution in [0.1, 0.15) is 18.9 Å². The minimum absolute atomic E-state index is 0.0747. The number of aliphatic carboxylic acids is 1. The molecule has 3 atom stereocenters. The molecule has 1 aliphatic heterocycles. The first-order chi connectivity index (χ1) is 15.2. The smallest absolute Gasteiger partial charge is 0.322 e. The number of hydrogen-bond acceptors (Lipinski definition) is 6. The summed E-state index contributed by atoms with van der Waals surface area (Å²) in [5.74, 6) is -3.08. The van der Waals surface area contributed by atoms with Crippen LogP contribution in [0.25, 0.3) is 0 Å². The standard InChI is InChI=1S/C21H29N5O6/c1-13-8-16(25-17(27)10-22-2)21(32)26(13)12-18(28)24-15(20(31)23-11-19(29)30)9-14-6-4-3-5-7-14/h3-7,13,15-16,22H,8-12H2,1-2H3,(H,23,31)(H,24,28)(H,25,27)(H,29,30)/t13?,15-,16-/m0/s1. The molecular formula is C21H29N5O6. The summed E-state index contributed by atoms with van der Waals surface area (Å²) in [5.41, 5.74) is 0.779. The Kier molecular flexibility index (Phi) is 9.14. The number of likely N-dealkylation sites (N-methyl/N-ethyl adjacent to an activating group) is 1. The van der Waals surface area contributed by atoms with E-state index in [9.17, 15) is 24.0 Å². The molecule has 32 heavy (non-hydrogen) atoms. The summed E-state index contributed by atoms with van der Waals surface area (Å²) in [6, 6.07) is 6.96. The Morgan fingerprint density at radius 1 is 1.12 bits per heavy atom. The van der Waals surface area contributed by atoms with E-state index in [0.29, 0.717) is 6.42 Å². The SMILES string of the molecule is CNCC(=O)N[C@H]1CC(C)N(CC(=O)N[C@@H](Cc2ccccc2)C(=O)NCC(=O)O)C1=O. The molecule has 1 heterocycles. The molecule has 0 saturated carbocycles. The molecule has 1 aromatic carbocycles. The number of carbonyl (C=O) groups excluding carboxylic acids is 4. The fraction of sp³-hybridized carbons (Fsp3) is 0.476. The maximum atomic E-state index is 12.7. The van der Waals surface area contributed by atoms with Gasteiger partial charge in [0.2, 0.25) is 23.6 Å². The van der Waals surface area contributed by atoms with Crippen molar-refractivity contribution in [2.24, 2.45) is 0 Å². The number of rotatable bonds is 11. The van der Waals surface area contributed by atoms with E-state index in [2.05, 4.69) is 21.3 Å². The summed E-state index contributed by atoms with van der Waals surface area (Å²) in [5, 5.41) is 19.0. The van der Waals surface area contributed by atoms with Gasteiger partial charge < -0.3 is 31.3 Å². The summed E-state index contributed by atoms with van der Waals surface area (Å²) in [4.78, 5) is 61.7. The van der Waals surface area contributed by atoms with Crippen molar-refractivity contribution in [3.05, 3.63) is 35.9 Å². The molecule has 0 aliphatic carbocycles. The number of carboxylic acid groups (broad SMARTS) is 1. The van der Waals surface area contributed by atoms with Gasteiger partial charge in [0.1, 0.15) is 18.6 Å². The van der Waals surface area contributed by atoms with Crippen LogP contribution in [0.3, 0.4) is 0 Å². The first-order valence-corrected chi connectivity index (χ1v) is 10.3. The van der Waals surface area contributed by atoms with Crippen LogP contribution >= 0.6 is 0 Å². The normalized spacial score (nSPS) is 18.7. The predicted octanol–water partition coefficient (Wildman–Crippen LogP) is -1.76. The largest absolute Gasteiger partial charge is 0.480 e. The Hall–Kier alpha value is -3.47. The molecule has 4 amide bonds. The van der Waals surface area contributed by atoms with E-state index in [-0.39, 0.29) is 37.4 Å². The number of nitrogens with zero attached hydrogens (tertiary/aromatic N) is 1. The maximum Gasteiger partial charge on any atom is 0.322 e. The van der Waals surface area contributed by atoms with Gasteiger partial charge in [-0.1, -0.05) is 30.3 Å². The van der Waals surface area contributed by atoms with Gasteiger partial charge in [0.25, 0.3) is 0 Å². The highest BCUT2D eigenvalue weighted by molar-refractivity contribution is 5.94. The zero-order valence-electron chi connectivity index (χ0n) is 18.1. The van der Waals surface area contributed by atoms with E-state index in [0.717, 1.165) is 5.56 Å². The number of nitrogens with one attached hydrogen (secondary N) is 4. The topological polar surface area (TPSA) is 157 Å². The highest BCUT2D eigenvalue weighted by Crippen LogP contribution is 2.18. The molecule has 1 aromatic rings. The molecule has 0 bridgehead atoms. The Balaban J connectivity index is 2.01. The third-order valence-corrected chi connectivity index (χ3v) is 5.02. The fourth-order valence-corrected chi connectivity index (χ4v) is 3.49. The van der Waals surface area contributed by atoms with Crippen LogP contribution in [0.5, 0.6) is 0 Å². The Morgan fingerprint density at radius 2 is 1.81 bits per heavy atom. The van der Waals surface area contributed by atoms with Crippen LogP contribution in [-0.2, 0) is 30.4 Å². The average Bonchev–Trinajstić information content (AvgIpc) is 2.99. The van der Waals surface area contributed by atoms with Crippen molar-refractivity contribution >= 4 is 29.6 Å². The number of hydrogen-bond donors (Lipinski definition) is 5. The molecule has 0 spiro atoms. The predicted molar refractivity (Wildman–Crippen MR) is 114 cm³/mol. The molecular weight excluding hydrogens is 418 g/mol. The van der Waals surface area contributed by atoms with Crippen molar-refractivity contribution in [3.8, 4) is 0 Å². The number of likely N-dealkylation sites (tertiary alicyclic amines) is 1. The first kappa shape index (κ1) is 24.8. The van der Waals surface area contributed by atoms with Crippen molar-refractivity contribution in [2.45, 2.75) is 37.9 Å². The first-order valence-electron chi connectivity index (χ1n) is 10.3. The number of carbonyl (C=O) groups is 5. The van der Waals surface area contributed by atoms with Crippen molar-refractivity contribution in [3.63, 3.8) is 0 Å². The Morgan fingerprint density at radius 3 is 2.44 bits per heavy atom. The zero-order valence-corrected chi connectivity index (χ0v) is 18.1. The van der Waals surface area contributed by atoms with Crippen molar-refractivity contribution < 1.29 is 29.1 Å². The molecule has 1 fully saturated rings. The number of amides is 4. The lowest BCUT2D eigenvalue weighted by molar-refractivity contribution is -0.139. The van der Waals surface area contributed by atoms with Gasteiger partial charge in [-0.05, 0) is 26.0 Å². The number of benzene rings is 1.